The molecule has 0 bridgehead atoms. The molecule has 1 N–H and O–H groups in total. The molecule has 0 aliphatic heterocycles. The van der Waals surface area contributed by atoms with Crippen LogP contribution in [0.3, 0.4) is 0 Å². The van der Waals surface area contributed by atoms with Crippen molar-refractivity contribution in [3.8, 4) is 11.5 Å². The van der Waals surface area contributed by atoms with E-state index in [4.69, 9.17) is 32.7 Å². The number of hydrogen-bond acceptors (Lipinski definition) is 4. The summed E-state index contributed by atoms with van der Waals surface area (Å²) in [6, 6.07) is 12.0. The molecular weight excluding hydrogens is 339 g/mol. The van der Waals surface area contributed by atoms with Gasteiger partial charge in [-0.15, -0.1) is 0 Å². The number of hydrogen-bond donors (Lipinski definition) is 1. The quantitative estimate of drug-likeness (QED) is 0.638. The lowest BCUT2D eigenvalue weighted by molar-refractivity contribution is -0.123. The molecule has 0 atom stereocenters. The van der Waals surface area contributed by atoms with E-state index in [0.717, 1.165) is 5.56 Å². The van der Waals surface area contributed by atoms with Crippen LogP contribution in [0.15, 0.2) is 47.6 Å². The van der Waals surface area contributed by atoms with Gasteiger partial charge >= 0.3 is 0 Å². The molecule has 7 heteroatoms. The third kappa shape index (κ3) is 5.47. The summed E-state index contributed by atoms with van der Waals surface area (Å²) >= 11 is 11.7. The first kappa shape index (κ1) is 17.1. The standard InChI is InChI=1S/C16H14Cl2N2O3/c1-22-12-3-5-13(6-4-12)23-10-16(21)20-19-9-11-2-7-14(17)15(18)8-11/h2-9H,10H2,1H3,(H,20,21)/b19-9+. The number of carbonyl (C=O) groups is 1. The van der Waals surface area contributed by atoms with Crippen LogP contribution in [0.2, 0.25) is 10.0 Å². The van der Waals surface area contributed by atoms with Gasteiger partial charge in [0.05, 0.1) is 23.4 Å². The largest absolute Gasteiger partial charge is 0.497 e. The molecule has 0 radical (unpaired) electrons. The van der Waals surface area contributed by atoms with E-state index in [1.54, 1.807) is 49.6 Å². The van der Waals surface area contributed by atoms with Gasteiger partial charge in [0, 0.05) is 0 Å². The molecule has 0 aromatic heterocycles. The van der Waals surface area contributed by atoms with Crippen molar-refractivity contribution in [1.82, 2.24) is 5.43 Å². The SMILES string of the molecule is COc1ccc(OCC(=O)N/N=C/c2ccc(Cl)c(Cl)c2)cc1. The van der Waals surface area contributed by atoms with Gasteiger partial charge in [0.2, 0.25) is 0 Å². The minimum absolute atomic E-state index is 0.148. The van der Waals surface area contributed by atoms with Crippen LogP contribution in [0.4, 0.5) is 0 Å². The number of halogens is 2. The van der Waals surface area contributed by atoms with E-state index in [-0.39, 0.29) is 12.5 Å². The molecule has 0 saturated carbocycles. The number of nitrogens with zero attached hydrogens (tertiary/aromatic N) is 1. The van der Waals surface area contributed by atoms with Crippen LogP contribution < -0.4 is 14.9 Å². The maximum atomic E-state index is 11.6. The molecule has 2 aromatic rings. The zero-order chi connectivity index (χ0) is 16.7. The number of methoxy groups -OCH3 is 1. The van der Waals surface area contributed by atoms with Crippen LogP contribution in [-0.2, 0) is 4.79 Å². The second-order valence-corrected chi connectivity index (χ2v) is 5.25. The lowest BCUT2D eigenvalue weighted by Crippen LogP contribution is -2.24. The van der Waals surface area contributed by atoms with Crippen molar-refractivity contribution in [2.45, 2.75) is 0 Å². The first-order valence-corrected chi connectivity index (χ1v) is 7.38. The van der Waals surface area contributed by atoms with Gasteiger partial charge in [0.15, 0.2) is 6.61 Å². The van der Waals surface area contributed by atoms with Gasteiger partial charge in [-0.25, -0.2) is 5.43 Å². The Kier molecular flexibility index (Phi) is 6.26. The molecule has 0 spiro atoms. The fourth-order valence-corrected chi connectivity index (χ4v) is 1.93. The monoisotopic (exact) mass is 352 g/mol. The van der Waals surface area contributed by atoms with Gasteiger partial charge in [-0.05, 0) is 42.0 Å². The van der Waals surface area contributed by atoms with Gasteiger partial charge in [0.25, 0.3) is 5.91 Å². The summed E-state index contributed by atoms with van der Waals surface area (Å²) in [4.78, 5) is 11.6. The second-order valence-electron chi connectivity index (χ2n) is 4.43. The highest BCUT2D eigenvalue weighted by molar-refractivity contribution is 6.42. The molecule has 0 unspecified atom stereocenters. The topological polar surface area (TPSA) is 59.9 Å². The Morgan fingerprint density at radius 1 is 1.13 bits per heavy atom. The predicted molar refractivity (Wildman–Crippen MR) is 90.7 cm³/mol. The Balaban J connectivity index is 1.79. The number of benzene rings is 2. The molecule has 0 aliphatic rings. The number of rotatable bonds is 6. The van der Waals surface area contributed by atoms with E-state index in [1.807, 2.05) is 0 Å². The fourth-order valence-electron chi connectivity index (χ4n) is 1.62. The Hall–Kier alpha value is -2.24. The highest BCUT2D eigenvalue weighted by atomic mass is 35.5. The zero-order valence-corrected chi connectivity index (χ0v) is 13.8. The molecule has 0 heterocycles. The lowest BCUT2D eigenvalue weighted by atomic mass is 10.2. The molecule has 2 aromatic carbocycles. The van der Waals surface area contributed by atoms with E-state index in [0.29, 0.717) is 21.5 Å². The molecule has 23 heavy (non-hydrogen) atoms. The van der Waals surface area contributed by atoms with Crippen molar-refractivity contribution < 1.29 is 14.3 Å². The van der Waals surface area contributed by atoms with Crippen LogP contribution in [0.25, 0.3) is 0 Å². The summed E-state index contributed by atoms with van der Waals surface area (Å²) in [5, 5.41) is 4.71. The van der Waals surface area contributed by atoms with Gasteiger partial charge in [-0.1, -0.05) is 29.3 Å². The molecule has 2 rings (SSSR count). The maximum Gasteiger partial charge on any atom is 0.277 e. The van der Waals surface area contributed by atoms with Crippen molar-refractivity contribution in [2.24, 2.45) is 5.10 Å². The summed E-state index contributed by atoms with van der Waals surface area (Å²) in [5.74, 6) is 0.902. The van der Waals surface area contributed by atoms with Crippen molar-refractivity contribution in [1.29, 1.82) is 0 Å². The summed E-state index contributed by atoms with van der Waals surface area (Å²) in [6.07, 6.45) is 1.47. The molecule has 1 amide bonds. The maximum absolute atomic E-state index is 11.6. The number of hydrazone groups is 1. The molecule has 0 aliphatic carbocycles. The third-order valence-electron chi connectivity index (χ3n) is 2.78. The van der Waals surface area contributed by atoms with Crippen LogP contribution in [0.1, 0.15) is 5.56 Å². The zero-order valence-electron chi connectivity index (χ0n) is 12.3. The van der Waals surface area contributed by atoms with E-state index < -0.39 is 0 Å². The summed E-state index contributed by atoms with van der Waals surface area (Å²) in [7, 11) is 1.58. The van der Waals surface area contributed by atoms with Crippen molar-refractivity contribution in [2.75, 3.05) is 13.7 Å². The van der Waals surface area contributed by atoms with Crippen LogP contribution in [0.5, 0.6) is 11.5 Å². The molecule has 5 nitrogen and oxygen atoms in total. The summed E-state index contributed by atoms with van der Waals surface area (Å²) < 4.78 is 10.4. The Labute approximate surface area is 143 Å². The number of amides is 1. The summed E-state index contributed by atoms with van der Waals surface area (Å²) in [5.41, 5.74) is 3.08. The Bertz CT molecular complexity index is 703. The van der Waals surface area contributed by atoms with Gasteiger partial charge in [-0.2, -0.15) is 5.10 Å². The van der Waals surface area contributed by atoms with Crippen molar-refractivity contribution >= 4 is 35.3 Å². The summed E-state index contributed by atoms with van der Waals surface area (Å²) in [6.45, 7) is -0.148. The first-order valence-electron chi connectivity index (χ1n) is 6.62. The molecule has 120 valence electrons. The highest BCUT2D eigenvalue weighted by Crippen LogP contribution is 2.21. The first-order chi connectivity index (χ1) is 11.1. The average Bonchev–Trinajstić information content (AvgIpc) is 2.56. The highest BCUT2D eigenvalue weighted by Gasteiger charge is 2.02. The fraction of sp³-hybridized carbons (Fsp3) is 0.125. The Morgan fingerprint density at radius 3 is 2.48 bits per heavy atom. The van der Waals surface area contributed by atoms with Crippen LogP contribution >= 0.6 is 23.2 Å². The van der Waals surface area contributed by atoms with Gasteiger partial charge < -0.3 is 9.47 Å². The van der Waals surface area contributed by atoms with Crippen LogP contribution in [0, 0.1) is 0 Å². The second kappa shape index (κ2) is 8.41. The van der Waals surface area contributed by atoms with E-state index in [2.05, 4.69) is 10.5 Å². The van der Waals surface area contributed by atoms with Gasteiger partial charge in [0.1, 0.15) is 11.5 Å². The van der Waals surface area contributed by atoms with Crippen LogP contribution in [-0.4, -0.2) is 25.8 Å². The number of nitrogens with one attached hydrogen (secondary N) is 1. The lowest BCUT2D eigenvalue weighted by Gasteiger charge is -2.05. The van der Waals surface area contributed by atoms with Crippen molar-refractivity contribution in [3.05, 3.63) is 58.1 Å². The number of ether oxygens (including phenoxy) is 2. The predicted octanol–water partition coefficient (Wildman–Crippen LogP) is 3.53. The molecule has 0 saturated heterocycles. The minimum Gasteiger partial charge on any atom is -0.497 e. The Morgan fingerprint density at radius 2 is 1.83 bits per heavy atom. The normalized spacial score (nSPS) is 10.6. The number of carbonyl (C=O) groups excluding carboxylic acids is 1. The smallest absolute Gasteiger partial charge is 0.277 e. The average molecular weight is 353 g/mol. The van der Waals surface area contributed by atoms with E-state index >= 15 is 0 Å². The third-order valence-corrected chi connectivity index (χ3v) is 3.51. The van der Waals surface area contributed by atoms with Crippen molar-refractivity contribution in [3.63, 3.8) is 0 Å². The van der Waals surface area contributed by atoms with E-state index in [9.17, 15) is 4.79 Å². The minimum atomic E-state index is -0.378. The van der Waals surface area contributed by atoms with Gasteiger partial charge in [-0.3, -0.25) is 4.79 Å². The van der Waals surface area contributed by atoms with E-state index in [1.165, 1.54) is 6.21 Å². The molecule has 0 fully saturated rings. The molecular formula is C16H14Cl2N2O3.